The van der Waals surface area contributed by atoms with Crippen molar-refractivity contribution in [1.82, 2.24) is 14.9 Å². The molecule has 0 spiro atoms. The monoisotopic (exact) mass is 518 g/mol. The normalized spacial score (nSPS) is 14.6. The molecule has 1 saturated heterocycles. The highest BCUT2D eigenvalue weighted by molar-refractivity contribution is 5.94. The second-order valence-corrected chi connectivity index (χ2v) is 10.7. The number of ether oxygens (including phenoxy) is 1. The van der Waals surface area contributed by atoms with E-state index in [2.05, 4.69) is 15.3 Å². The van der Waals surface area contributed by atoms with Crippen LogP contribution in [0.3, 0.4) is 0 Å². The van der Waals surface area contributed by atoms with Crippen molar-refractivity contribution in [3.63, 3.8) is 0 Å². The summed E-state index contributed by atoms with van der Waals surface area (Å²) in [6.07, 6.45) is 2.89. The molecule has 0 aliphatic carbocycles. The van der Waals surface area contributed by atoms with Crippen molar-refractivity contribution in [3.05, 3.63) is 83.7 Å². The number of amides is 1. The maximum absolute atomic E-state index is 15.1. The van der Waals surface area contributed by atoms with Gasteiger partial charge < -0.3 is 19.9 Å². The zero-order valence-corrected chi connectivity index (χ0v) is 21.9. The fourth-order valence-electron chi connectivity index (χ4n) is 4.89. The van der Waals surface area contributed by atoms with E-state index in [1.807, 2.05) is 57.2 Å². The van der Waals surface area contributed by atoms with Gasteiger partial charge in [0.15, 0.2) is 0 Å². The Hall–Kier alpha value is -3.94. The molecule has 5 rings (SSSR count). The molecule has 0 unspecified atom stereocenters. The van der Waals surface area contributed by atoms with Gasteiger partial charge in [0.05, 0.1) is 5.69 Å². The van der Waals surface area contributed by atoms with E-state index in [0.717, 1.165) is 35.6 Å². The fourth-order valence-corrected chi connectivity index (χ4v) is 4.89. The minimum Gasteiger partial charge on any atom is -0.444 e. The van der Waals surface area contributed by atoms with Crippen molar-refractivity contribution in [1.29, 1.82) is 0 Å². The second kappa shape index (κ2) is 10.4. The highest BCUT2D eigenvalue weighted by atomic mass is 19.1. The largest absolute Gasteiger partial charge is 0.444 e. The molecule has 0 atom stereocenters. The highest BCUT2D eigenvalue weighted by Crippen LogP contribution is 2.36. The predicted molar refractivity (Wildman–Crippen MR) is 145 cm³/mol. The van der Waals surface area contributed by atoms with Gasteiger partial charge in [-0.25, -0.2) is 18.6 Å². The number of likely N-dealkylation sites (tertiary alicyclic amines) is 1. The van der Waals surface area contributed by atoms with E-state index < -0.39 is 17.2 Å². The summed E-state index contributed by atoms with van der Waals surface area (Å²) in [5, 5.41) is 3.87. The average molecular weight is 519 g/mol. The molecule has 1 aliphatic heterocycles. The van der Waals surface area contributed by atoms with Crippen molar-refractivity contribution in [2.24, 2.45) is 0 Å². The minimum atomic E-state index is -0.640. The summed E-state index contributed by atoms with van der Waals surface area (Å²) in [5.74, 6) is -1.07. The first kappa shape index (κ1) is 25.7. The lowest BCUT2D eigenvalue weighted by Gasteiger charge is -2.33. The zero-order chi connectivity index (χ0) is 26.9. The molecule has 8 heteroatoms. The number of fused-ring (bicyclic) bond motifs is 1. The van der Waals surface area contributed by atoms with E-state index in [-0.39, 0.29) is 17.7 Å². The van der Waals surface area contributed by atoms with Crippen molar-refractivity contribution in [3.8, 4) is 11.1 Å². The van der Waals surface area contributed by atoms with E-state index in [9.17, 15) is 9.18 Å². The molecule has 4 aromatic rings. The van der Waals surface area contributed by atoms with Gasteiger partial charge in [0.1, 0.15) is 22.9 Å². The van der Waals surface area contributed by atoms with E-state index >= 15 is 4.39 Å². The quantitative estimate of drug-likeness (QED) is 0.292. The molecule has 198 valence electrons. The number of aromatic nitrogens is 2. The number of piperidine rings is 1. The topological polar surface area (TPSA) is 70.2 Å². The van der Waals surface area contributed by atoms with Gasteiger partial charge in [-0.1, -0.05) is 30.3 Å². The molecule has 2 aromatic carbocycles. The van der Waals surface area contributed by atoms with Crippen molar-refractivity contribution < 1.29 is 18.3 Å². The maximum atomic E-state index is 15.1. The average Bonchev–Trinajstić information content (AvgIpc) is 3.33. The maximum Gasteiger partial charge on any atom is 0.410 e. The number of benzene rings is 2. The van der Waals surface area contributed by atoms with Crippen LogP contribution in [-0.2, 0) is 11.3 Å². The summed E-state index contributed by atoms with van der Waals surface area (Å²) in [7, 11) is 0. The third kappa shape index (κ3) is 5.64. The number of carbonyl (C=O) groups is 1. The number of halogens is 2. The van der Waals surface area contributed by atoms with Crippen LogP contribution in [0.1, 0.15) is 50.8 Å². The molecule has 1 aliphatic rings. The Labute approximate surface area is 221 Å². The molecule has 0 saturated carbocycles. The summed E-state index contributed by atoms with van der Waals surface area (Å²) in [6.45, 7) is 7.19. The predicted octanol–water partition coefficient (Wildman–Crippen LogP) is 7.23. The van der Waals surface area contributed by atoms with Crippen LogP contribution in [-0.4, -0.2) is 39.7 Å². The number of nitrogens with one attached hydrogen (secondary N) is 2. The Morgan fingerprint density at radius 1 is 1.05 bits per heavy atom. The summed E-state index contributed by atoms with van der Waals surface area (Å²) < 4.78 is 35.2. The van der Waals surface area contributed by atoms with Gasteiger partial charge in [-0.2, -0.15) is 0 Å². The number of hydrogen-bond donors (Lipinski definition) is 2. The van der Waals surface area contributed by atoms with E-state index in [0.29, 0.717) is 36.4 Å². The van der Waals surface area contributed by atoms with Crippen LogP contribution < -0.4 is 5.32 Å². The SMILES string of the molecule is CC(C)(C)OC(=O)N1CCC(c2cc3c(-c4cc(NCc5ccccc5)c(F)cc4F)ccnc3[nH]2)CC1. The molecule has 6 nitrogen and oxygen atoms in total. The molecule has 2 aromatic heterocycles. The molecule has 0 radical (unpaired) electrons. The molecule has 1 fully saturated rings. The lowest BCUT2D eigenvalue weighted by Crippen LogP contribution is -2.41. The third-order valence-electron chi connectivity index (χ3n) is 6.81. The molecular weight excluding hydrogens is 486 g/mol. The number of anilines is 1. The third-order valence-corrected chi connectivity index (χ3v) is 6.81. The Morgan fingerprint density at radius 2 is 1.79 bits per heavy atom. The van der Waals surface area contributed by atoms with Crippen LogP contribution in [0.15, 0.2) is 60.8 Å². The van der Waals surface area contributed by atoms with E-state index in [1.165, 1.54) is 6.07 Å². The van der Waals surface area contributed by atoms with Crippen LogP contribution in [0, 0.1) is 11.6 Å². The number of nitrogens with zero attached hydrogens (tertiary/aromatic N) is 2. The van der Waals surface area contributed by atoms with Crippen LogP contribution in [0.5, 0.6) is 0 Å². The molecule has 1 amide bonds. The van der Waals surface area contributed by atoms with Crippen LogP contribution in [0.25, 0.3) is 22.2 Å². The Kier molecular flexibility index (Phi) is 7.06. The first-order valence-electron chi connectivity index (χ1n) is 12.9. The van der Waals surface area contributed by atoms with Crippen LogP contribution >= 0.6 is 0 Å². The molecular formula is C30H32F2N4O2. The number of H-pyrrole nitrogens is 1. The standard InChI is InChI=1S/C30H32F2N4O2/c1-30(2,3)38-29(37)36-13-10-20(11-14-36)26-16-23-21(9-12-33-28(23)35-26)22-15-27(25(32)17-24(22)31)34-18-19-7-5-4-6-8-19/h4-9,12,15-17,20,34H,10-11,13-14,18H2,1-3H3,(H,33,35). The van der Waals surface area contributed by atoms with Crippen LogP contribution in [0.4, 0.5) is 19.3 Å². The Morgan fingerprint density at radius 3 is 2.50 bits per heavy atom. The minimum absolute atomic E-state index is 0.205. The van der Waals surface area contributed by atoms with Gasteiger partial charge in [0, 0.05) is 54.5 Å². The summed E-state index contributed by atoms with van der Waals surface area (Å²) in [4.78, 5) is 22.0. The highest BCUT2D eigenvalue weighted by Gasteiger charge is 2.28. The Bertz CT molecular complexity index is 1440. The number of hydrogen-bond acceptors (Lipinski definition) is 4. The van der Waals surface area contributed by atoms with Crippen molar-refractivity contribution >= 4 is 22.8 Å². The fraction of sp³-hybridized carbons (Fsp3) is 0.333. The van der Waals surface area contributed by atoms with Gasteiger partial charge in [0.2, 0.25) is 0 Å². The number of aromatic amines is 1. The first-order chi connectivity index (χ1) is 18.2. The zero-order valence-electron chi connectivity index (χ0n) is 21.9. The summed E-state index contributed by atoms with van der Waals surface area (Å²) in [5.41, 5.74) is 3.30. The number of carbonyl (C=O) groups excluding carboxylic acids is 1. The van der Waals surface area contributed by atoms with Gasteiger partial charge >= 0.3 is 6.09 Å². The van der Waals surface area contributed by atoms with Crippen molar-refractivity contribution in [2.45, 2.75) is 51.7 Å². The lowest BCUT2D eigenvalue weighted by molar-refractivity contribution is 0.0204. The molecule has 2 N–H and O–H groups in total. The smallest absolute Gasteiger partial charge is 0.410 e. The second-order valence-electron chi connectivity index (χ2n) is 10.7. The summed E-state index contributed by atoms with van der Waals surface area (Å²) in [6, 6.07) is 15.9. The van der Waals surface area contributed by atoms with Crippen molar-refractivity contribution in [2.75, 3.05) is 18.4 Å². The van der Waals surface area contributed by atoms with Gasteiger partial charge in [0.25, 0.3) is 0 Å². The van der Waals surface area contributed by atoms with E-state index in [1.54, 1.807) is 17.2 Å². The molecule has 3 heterocycles. The van der Waals surface area contributed by atoms with Gasteiger partial charge in [-0.05, 0) is 62.9 Å². The van der Waals surface area contributed by atoms with Gasteiger partial charge in [-0.3, -0.25) is 0 Å². The Balaban J connectivity index is 1.37. The lowest BCUT2D eigenvalue weighted by atomic mass is 9.93. The van der Waals surface area contributed by atoms with E-state index in [4.69, 9.17) is 4.74 Å². The van der Waals surface area contributed by atoms with Gasteiger partial charge in [-0.15, -0.1) is 0 Å². The van der Waals surface area contributed by atoms with Crippen LogP contribution in [0.2, 0.25) is 0 Å². The number of rotatable bonds is 5. The molecule has 0 bridgehead atoms. The molecule has 38 heavy (non-hydrogen) atoms. The number of pyridine rings is 1. The first-order valence-corrected chi connectivity index (χ1v) is 12.9. The summed E-state index contributed by atoms with van der Waals surface area (Å²) >= 11 is 0.